The Hall–Kier alpha value is -1.12. The minimum Gasteiger partial charge on any atom is -0.370 e. The first kappa shape index (κ1) is 12.9. The average molecular weight is 259 g/mol. The minimum atomic E-state index is 0.627. The van der Waals surface area contributed by atoms with Gasteiger partial charge in [-0.2, -0.15) is 0 Å². The fourth-order valence-electron chi connectivity index (χ4n) is 3.99. The van der Waals surface area contributed by atoms with Crippen LogP contribution in [0.5, 0.6) is 0 Å². The summed E-state index contributed by atoms with van der Waals surface area (Å²) in [6, 6.07) is 0. The first-order chi connectivity index (χ1) is 9.22. The first-order valence-electron chi connectivity index (χ1n) is 7.84. The van der Waals surface area contributed by atoms with Crippen molar-refractivity contribution in [3.05, 3.63) is 17.1 Å². The lowest BCUT2D eigenvalue weighted by Crippen LogP contribution is -2.16. The summed E-state index contributed by atoms with van der Waals surface area (Å²) in [6.07, 6.45) is 6.57. The molecule has 0 spiro atoms. The molecule has 2 fully saturated rings. The lowest BCUT2D eigenvalue weighted by atomic mass is 9.88. The van der Waals surface area contributed by atoms with Crippen molar-refractivity contribution in [3.63, 3.8) is 0 Å². The highest BCUT2D eigenvalue weighted by Crippen LogP contribution is 2.52. The van der Waals surface area contributed by atoms with Gasteiger partial charge in [-0.05, 0) is 51.4 Å². The summed E-state index contributed by atoms with van der Waals surface area (Å²) in [4.78, 5) is 9.73. The van der Waals surface area contributed by atoms with Crippen LogP contribution in [0, 0.1) is 18.8 Å². The van der Waals surface area contributed by atoms with Gasteiger partial charge in [0, 0.05) is 23.7 Å². The molecule has 2 saturated carbocycles. The van der Waals surface area contributed by atoms with Crippen molar-refractivity contribution in [1.82, 2.24) is 9.97 Å². The second kappa shape index (κ2) is 5.10. The molecule has 3 heteroatoms. The van der Waals surface area contributed by atoms with Crippen molar-refractivity contribution in [2.45, 2.75) is 58.8 Å². The summed E-state index contributed by atoms with van der Waals surface area (Å²) in [5.41, 5.74) is 2.46. The molecule has 1 N–H and O–H groups in total. The summed E-state index contributed by atoms with van der Waals surface area (Å²) in [5, 5.41) is 3.41. The number of rotatable bonds is 4. The van der Waals surface area contributed by atoms with E-state index in [0.29, 0.717) is 5.92 Å². The highest BCUT2D eigenvalue weighted by atomic mass is 15.0. The van der Waals surface area contributed by atoms with Crippen molar-refractivity contribution in [2.24, 2.45) is 11.8 Å². The molecule has 0 saturated heterocycles. The van der Waals surface area contributed by atoms with Crippen LogP contribution in [0.25, 0.3) is 0 Å². The lowest BCUT2D eigenvalue weighted by Gasteiger charge is -2.22. The molecular formula is C16H25N3. The van der Waals surface area contributed by atoms with Crippen LogP contribution in [-0.2, 0) is 6.42 Å². The number of nitrogens with one attached hydrogen (secondary N) is 1. The Morgan fingerprint density at radius 3 is 2.58 bits per heavy atom. The third-order valence-corrected chi connectivity index (χ3v) is 5.01. The molecule has 0 aliphatic heterocycles. The van der Waals surface area contributed by atoms with Crippen LogP contribution in [-0.4, -0.2) is 16.5 Å². The van der Waals surface area contributed by atoms with Crippen LogP contribution in [0.15, 0.2) is 0 Å². The van der Waals surface area contributed by atoms with Gasteiger partial charge in [0.15, 0.2) is 0 Å². The molecule has 104 valence electrons. The fourth-order valence-corrected chi connectivity index (χ4v) is 3.99. The van der Waals surface area contributed by atoms with E-state index < -0.39 is 0 Å². The number of hydrogen-bond donors (Lipinski definition) is 1. The highest BCUT2D eigenvalue weighted by molar-refractivity contribution is 5.46. The van der Waals surface area contributed by atoms with Crippen LogP contribution in [0.4, 0.5) is 5.82 Å². The Morgan fingerprint density at radius 2 is 2.00 bits per heavy atom. The molecule has 0 aromatic carbocycles. The van der Waals surface area contributed by atoms with Crippen molar-refractivity contribution in [1.29, 1.82) is 0 Å². The van der Waals surface area contributed by atoms with Gasteiger partial charge < -0.3 is 5.32 Å². The predicted octanol–water partition coefficient (Wildman–Crippen LogP) is 3.68. The topological polar surface area (TPSA) is 37.8 Å². The van der Waals surface area contributed by atoms with E-state index in [2.05, 4.69) is 26.1 Å². The second-order valence-electron chi connectivity index (χ2n) is 6.17. The van der Waals surface area contributed by atoms with Crippen LogP contribution in [0.2, 0.25) is 0 Å². The molecule has 0 amide bonds. The number of fused-ring (bicyclic) bond motifs is 2. The molecule has 19 heavy (non-hydrogen) atoms. The number of aryl methyl sites for hydroxylation is 1. The summed E-state index contributed by atoms with van der Waals surface area (Å²) in [6.45, 7) is 7.39. The van der Waals surface area contributed by atoms with Gasteiger partial charge in [0.2, 0.25) is 0 Å². The van der Waals surface area contributed by atoms with Gasteiger partial charge in [-0.25, -0.2) is 9.97 Å². The Bertz CT molecular complexity index is 469. The summed E-state index contributed by atoms with van der Waals surface area (Å²) in [5.74, 6) is 4.61. The standard InChI is InChI=1S/C16H25N3/c1-4-14-10(3)15(17-5-2)19-16(18-14)13-9-11-6-7-12(13)8-11/h11-13H,4-9H2,1-3H3,(H,17,18,19). The van der Waals surface area contributed by atoms with Gasteiger partial charge in [-0.15, -0.1) is 0 Å². The molecule has 3 unspecified atom stereocenters. The van der Waals surface area contributed by atoms with E-state index in [9.17, 15) is 0 Å². The maximum Gasteiger partial charge on any atom is 0.134 e. The minimum absolute atomic E-state index is 0.627. The second-order valence-corrected chi connectivity index (χ2v) is 6.17. The molecular weight excluding hydrogens is 234 g/mol. The van der Waals surface area contributed by atoms with E-state index in [1.54, 1.807) is 0 Å². The SMILES string of the molecule is CCNc1nc(C2CC3CCC2C3)nc(CC)c1C. The molecule has 1 aromatic heterocycles. The van der Waals surface area contributed by atoms with E-state index in [4.69, 9.17) is 9.97 Å². The number of aromatic nitrogens is 2. The average Bonchev–Trinajstić information content (AvgIpc) is 3.03. The zero-order valence-corrected chi connectivity index (χ0v) is 12.4. The molecule has 3 rings (SSSR count). The Labute approximate surface area is 116 Å². The van der Waals surface area contributed by atoms with Crippen molar-refractivity contribution < 1.29 is 0 Å². The molecule has 1 heterocycles. The zero-order valence-electron chi connectivity index (χ0n) is 12.4. The van der Waals surface area contributed by atoms with Gasteiger partial charge in [0.25, 0.3) is 0 Å². The van der Waals surface area contributed by atoms with E-state index in [1.165, 1.54) is 36.9 Å². The number of anilines is 1. The highest BCUT2D eigenvalue weighted by Gasteiger charge is 2.41. The molecule has 1 aromatic rings. The molecule has 2 bridgehead atoms. The van der Waals surface area contributed by atoms with Gasteiger partial charge >= 0.3 is 0 Å². The summed E-state index contributed by atoms with van der Waals surface area (Å²) in [7, 11) is 0. The predicted molar refractivity (Wildman–Crippen MR) is 78.5 cm³/mol. The summed E-state index contributed by atoms with van der Waals surface area (Å²) >= 11 is 0. The normalized spacial score (nSPS) is 28.9. The Morgan fingerprint density at radius 1 is 1.16 bits per heavy atom. The fraction of sp³-hybridized carbons (Fsp3) is 0.750. The molecule has 0 radical (unpaired) electrons. The van der Waals surface area contributed by atoms with E-state index in [0.717, 1.165) is 36.4 Å². The largest absolute Gasteiger partial charge is 0.370 e. The lowest BCUT2D eigenvalue weighted by molar-refractivity contribution is 0.404. The number of hydrogen-bond acceptors (Lipinski definition) is 3. The van der Waals surface area contributed by atoms with Gasteiger partial charge in [0.1, 0.15) is 11.6 Å². The zero-order chi connectivity index (χ0) is 13.4. The van der Waals surface area contributed by atoms with Gasteiger partial charge in [-0.3, -0.25) is 0 Å². The van der Waals surface area contributed by atoms with Crippen molar-refractivity contribution in [2.75, 3.05) is 11.9 Å². The first-order valence-corrected chi connectivity index (χ1v) is 7.84. The third kappa shape index (κ3) is 2.24. The molecule has 3 nitrogen and oxygen atoms in total. The van der Waals surface area contributed by atoms with Crippen molar-refractivity contribution >= 4 is 5.82 Å². The van der Waals surface area contributed by atoms with Gasteiger partial charge in [-0.1, -0.05) is 13.3 Å². The van der Waals surface area contributed by atoms with Crippen LogP contribution in [0.1, 0.15) is 62.5 Å². The molecule has 2 aliphatic rings. The third-order valence-electron chi connectivity index (χ3n) is 5.01. The van der Waals surface area contributed by atoms with Crippen molar-refractivity contribution in [3.8, 4) is 0 Å². The maximum atomic E-state index is 4.88. The number of nitrogens with zero attached hydrogens (tertiary/aromatic N) is 2. The Balaban J connectivity index is 1.94. The van der Waals surface area contributed by atoms with E-state index in [1.807, 2.05) is 0 Å². The van der Waals surface area contributed by atoms with E-state index >= 15 is 0 Å². The van der Waals surface area contributed by atoms with E-state index in [-0.39, 0.29) is 0 Å². The summed E-state index contributed by atoms with van der Waals surface area (Å²) < 4.78 is 0. The smallest absolute Gasteiger partial charge is 0.134 e. The quantitative estimate of drug-likeness (QED) is 0.896. The monoisotopic (exact) mass is 259 g/mol. The van der Waals surface area contributed by atoms with Crippen LogP contribution in [0.3, 0.4) is 0 Å². The molecule has 2 aliphatic carbocycles. The van der Waals surface area contributed by atoms with Crippen LogP contribution < -0.4 is 5.32 Å². The van der Waals surface area contributed by atoms with Gasteiger partial charge in [0.05, 0.1) is 0 Å². The van der Waals surface area contributed by atoms with Crippen LogP contribution >= 0.6 is 0 Å². The molecule has 3 atom stereocenters. The Kier molecular flexibility index (Phi) is 3.46. The maximum absolute atomic E-state index is 4.88.